The van der Waals surface area contributed by atoms with Gasteiger partial charge in [-0.15, -0.1) is 0 Å². The zero-order valence-electron chi connectivity index (χ0n) is 13.7. The summed E-state index contributed by atoms with van der Waals surface area (Å²) in [5.74, 6) is 0.00891. The van der Waals surface area contributed by atoms with Gasteiger partial charge in [0.25, 0.3) is 0 Å². The van der Waals surface area contributed by atoms with Crippen LogP contribution in [0.4, 0.5) is 5.69 Å². The van der Waals surface area contributed by atoms with E-state index in [1.165, 1.54) is 18.5 Å². The van der Waals surface area contributed by atoms with Crippen LogP contribution in [0.2, 0.25) is 0 Å². The van der Waals surface area contributed by atoms with Crippen molar-refractivity contribution < 1.29 is 9.53 Å². The summed E-state index contributed by atoms with van der Waals surface area (Å²) in [7, 11) is 0. The molecule has 1 spiro atoms. The number of piperidine rings is 2. The molecule has 0 N–H and O–H groups in total. The van der Waals surface area contributed by atoms with E-state index in [1.807, 2.05) is 0 Å². The van der Waals surface area contributed by atoms with Gasteiger partial charge < -0.3 is 9.64 Å². The first-order valence-electron chi connectivity index (χ1n) is 9.00. The second kappa shape index (κ2) is 6.16. The van der Waals surface area contributed by atoms with Crippen molar-refractivity contribution in [3.8, 4) is 0 Å². The highest BCUT2D eigenvalue weighted by Gasteiger charge is 2.43. The monoisotopic (exact) mass is 314 g/mol. The van der Waals surface area contributed by atoms with Gasteiger partial charge in [0.1, 0.15) is 5.60 Å². The number of nitrogens with zero attached hydrogens (tertiary/aromatic N) is 2. The maximum Gasteiger partial charge on any atom is 0.306 e. The minimum absolute atomic E-state index is 0.00891. The Hall–Kier alpha value is -1.55. The molecule has 0 aromatic heterocycles. The molecular weight excluding hydrogens is 288 g/mol. The van der Waals surface area contributed by atoms with Crippen LogP contribution in [0.15, 0.2) is 30.3 Å². The number of carbonyl (C=O) groups excluding carboxylic acids is 1. The van der Waals surface area contributed by atoms with Gasteiger partial charge in [-0.2, -0.15) is 0 Å². The van der Waals surface area contributed by atoms with E-state index >= 15 is 0 Å². The Balaban J connectivity index is 1.29. The van der Waals surface area contributed by atoms with Crippen molar-refractivity contribution in [2.75, 3.05) is 31.1 Å². The first kappa shape index (κ1) is 15.0. The molecule has 23 heavy (non-hydrogen) atoms. The summed E-state index contributed by atoms with van der Waals surface area (Å²) in [5, 5.41) is 0. The Labute approximate surface area is 138 Å². The van der Waals surface area contributed by atoms with E-state index in [2.05, 4.69) is 40.1 Å². The number of para-hydroxylation sites is 1. The smallest absolute Gasteiger partial charge is 0.306 e. The van der Waals surface area contributed by atoms with Crippen LogP contribution >= 0.6 is 0 Å². The molecule has 124 valence electrons. The number of hydrogen-bond acceptors (Lipinski definition) is 4. The number of esters is 1. The van der Waals surface area contributed by atoms with Gasteiger partial charge >= 0.3 is 5.97 Å². The predicted octanol–water partition coefficient (Wildman–Crippen LogP) is 2.83. The third-order valence-corrected chi connectivity index (χ3v) is 5.93. The molecule has 3 aliphatic rings. The van der Waals surface area contributed by atoms with Crippen LogP contribution in [0.1, 0.15) is 38.5 Å². The molecule has 0 radical (unpaired) electrons. The summed E-state index contributed by atoms with van der Waals surface area (Å²) in [5.41, 5.74) is 1.24. The van der Waals surface area contributed by atoms with Gasteiger partial charge in [0.15, 0.2) is 0 Å². The van der Waals surface area contributed by atoms with Crippen LogP contribution in [-0.4, -0.2) is 48.7 Å². The second-order valence-electron chi connectivity index (χ2n) is 7.25. The zero-order chi connectivity index (χ0) is 15.7. The number of anilines is 1. The second-order valence-corrected chi connectivity index (χ2v) is 7.25. The maximum atomic E-state index is 11.4. The van der Waals surface area contributed by atoms with Crippen LogP contribution in [-0.2, 0) is 9.53 Å². The number of ether oxygens (including phenoxy) is 1. The van der Waals surface area contributed by atoms with E-state index < -0.39 is 0 Å². The first-order chi connectivity index (χ1) is 11.2. The Morgan fingerprint density at radius 2 is 1.65 bits per heavy atom. The lowest BCUT2D eigenvalue weighted by Crippen LogP contribution is -2.51. The summed E-state index contributed by atoms with van der Waals surface area (Å²) in [6, 6.07) is 11.4. The van der Waals surface area contributed by atoms with E-state index in [9.17, 15) is 4.79 Å². The zero-order valence-corrected chi connectivity index (χ0v) is 13.7. The van der Waals surface area contributed by atoms with E-state index in [1.54, 1.807) is 0 Å². The normalized spacial score (nSPS) is 25.7. The Morgan fingerprint density at radius 1 is 0.957 bits per heavy atom. The molecule has 4 heteroatoms. The van der Waals surface area contributed by atoms with Gasteiger partial charge in [0.05, 0.1) is 0 Å². The average Bonchev–Trinajstić information content (AvgIpc) is 2.97. The van der Waals surface area contributed by atoms with Crippen LogP contribution < -0.4 is 4.90 Å². The quantitative estimate of drug-likeness (QED) is 0.786. The topological polar surface area (TPSA) is 32.8 Å². The molecule has 3 saturated heterocycles. The van der Waals surface area contributed by atoms with Crippen LogP contribution in [0.5, 0.6) is 0 Å². The highest BCUT2D eigenvalue weighted by Crippen LogP contribution is 2.37. The Bertz CT molecular complexity index is 544. The number of carbonyl (C=O) groups is 1. The van der Waals surface area contributed by atoms with Gasteiger partial charge in [-0.1, -0.05) is 18.2 Å². The van der Waals surface area contributed by atoms with Crippen molar-refractivity contribution >= 4 is 11.7 Å². The van der Waals surface area contributed by atoms with Crippen LogP contribution in [0, 0.1) is 0 Å². The van der Waals surface area contributed by atoms with Crippen molar-refractivity contribution in [3.63, 3.8) is 0 Å². The number of hydrogen-bond donors (Lipinski definition) is 0. The molecule has 1 aromatic rings. The number of rotatable bonds is 2. The van der Waals surface area contributed by atoms with Gasteiger partial charge in [-0.05, 0) is 44.2 Å². The van der Waals surface area contributed by atoms with Crippen LogP contribution in [0.3, 0.4) is 0 Å². The van der Waals surface area contributed by atoms with E-state index in [0.29, 0.717) is 12.5 Å². The number of likely N-dealkylation sites (tertiary alicyclic amines) is 1. The van der Waals surface area contributed by atoms with Crippen molar-refractivity contribution in [2.45, 2.75) is 50.2 Å². The molecule has 0 bridgehead atoms. The summed E-state index contributed by atoms with van der Waals surface area (Å²) in [6.07, 6.45) is 6.08. The molecule has 4 rings (SSSR count). The fourth-order valence-electron chi connectivity index (χ4n) is 4.45. The lowest BCUT2D eigenvalue weighted by atomic mass is 9.87. The molecule has 4 nitrogen and oxygen atoms in total. The highest BCUT2D eigenvalue weighted by molar-refractivity contribution is 5.72. The summed E-state index contributed by atoms with van der Waals surface area (Å²) >= 11 is 0. The molecule has 0 saturated carbocycles. The van der Waals surface area contributed by atoms with Gasteiger partial charge in [-0.3, -0.25) is 9.69 Å². The van der Waals surface area contributed by atoms with Crippen LogP contribution in [0.25, 0.3) is 0 Å². The molecule has 1 aromatic carbocycles. The standard InChI is InChI=1S/C19H26N2O2/c22-18-6-9-19(23-18)10-14-21(15-11-19)17-7-12-20(13-8-17)16-4-2-1-3-5-16/h1-5,17H,6-15H2. The van der Waals surface area contributed by atoms with Crippen molar-refractivity contribution in [1.82, 2.24) is 4.90 Å². The highest BCUT2D eigenvalue weighted by atomic mass is 16.6. The minimum Gasteiger partial charge on any atom is -0.459 e. The van der Waals surface area contributed by atoms with Crippen molar-refractivity contribution in [2.24, 2.45) is 0 Å². The Kier molecular flexibility index (Phi) is 4.02. The van der Waals surface area contributed by atoms with Gasteiger partial charge in [0.2, 0.25) is 0 Å². The third kappa shape index (κ3) is 3.09. The van der Waals surface area contributed by atoms with Crippen molar-refractivity contribution in [1.29, 1.82) is 0 Å². The largest absolute Gasteiger partial charge is 0.459 e. The lowest BCUT2D eigenvalue weighted by molar-refractivity contribution is -0.152. The average molecular weight is 314 g/mol. The number of benzene rings is 1. The summed E-state index contributed by atoms with van der Waals surface area (Å²) in [4.78, 5) is 16.6. The molecule has 0 atom stereocenters. The van der Waals surface area contributed by atoms with Gasteiger partial charge in [0, 0.05) is 44.3 Å². The van der Waals surface area contributed by atoms with E-state index in [4.69, 9.17) is 4.74 Å². The maximum absolute atomic E-state index is 11.4. The fourth-order valence-corrected chi connectivity index (χ4v) is 4.45. The fraction of sp³-hybridized carbons (Fsp3) is 0.632. The third-order valence-electron chi connectivity index (χ3n) is 5.93. The molecule has 3 aliphatic heterocycles. The molecule has 0 aliphatic carbocycles. The van der Waals surface area contributed by atoms with E-state index in [0.717, 1.165) is 45.4 Å². The SMILES string of the molecule is O=C1CCC2(CCN(C3CCN(c4ccccc4)CC3)CC2)O1. The minimum atomic E-state index is -0.113. The Morgan fingerprint density at radius 3 is 2.26 bits per heavy atom. The van der Waals surface area contributed by atoms with Gasteiger partial charge in [-0.25, -0.2) is 0 Å². The first-order valence-corrected chi connectivity index (χ1v) is 9.00. The molecular formula is C19H26N2O2. The molecule has 0 amide bonds. The summed E-state index contributed by atoms with van der Waals surface area (Å²) < 4.78 is 5.63. The lowest BCUT2D eigenvalue weighted by Gasteiger charge is -2.44. The van der Waals surface area contributed by atoms with E-state index in [-0.39, 0.29) is 11.6 Å². The molecule has 0 unspecified atom stereocenters. The molecule has 3 fully saturated rings. The van der Waals surface area contributed by atoms with Crippen molar-refractivity contribution in [3.05, 3.63) is 30.3 Å². The summed E-state index contributed by atoms with van der Waals surface area (Å²) in [6.45, 7) is 4.46. The molecule has 3 heterocycles. The predicted molar refractivity (Wildman–Crippen MR) is 90.5 cm³/mol.